The molecule has 0 aliphatic heterocycles. The molecule has 2 heterocycles. The molecule has 1 aliphatic carbocycles. The number of H-pyrrole nitrogens is 1. The Morgan fingerprint density at radius 1 is 1.24 bits per heavy atom. The third-order valence-electron chi connectivity index (χ3n) is 5.44. The van der Waals surface area contributed by atoms with Crippen LogP contribution < -0.4 is 16.6 Å². The van der Waals surface area contributed by atoms with Crippen molar-refractivity contribution in [2.24, 2.45) is 5.73 Å². The van der Waals surface area contributed by atoms with Crippen molar-refractivity contribution < 1.29 is 9.59 Å². The van der Waals surface area contributed by atoms with E-state index in [-0.39, 0.29) is 17.9 Å². The highest BCUT2D eigenvalue weighted by atomic mass is 32.1. The lowest BCUT2D eigenvalue weighted by Gasteiger charge is -2.11. The zero-order valence-electron chi connectivity index (χ0n) is 16.6. The normalized spacial score (nSPS) is 13.3. The number of aromatic nitrogens is 1. The quantitative estimate of drug-likeness (QED) is 0.652. The van der Waals surface area contributed by atoms with Gasteiger partial charge in [0.1, 0.15) is 16.6 Å². The Morgan fingerprint density at radius 3 is 2.66 bits per heavy atom. The van der Waals surface area contributed by atoms with E-state index in [9.17, 15) is 19.6 Å². The molecule has 2 aromatic heterocycles. The number of nitriles is 1. The number of aryl methyl sites for hydroxylation is 2. The standard InChI is InChI=1S/C21H24N4O3S/c1-11-13(12(2)24-20(28)15(11)10-22)8-9-17(26)25-21-18(19(23)27)14-6-4-3-5-7-16(14)29-21/h3-9H2,1-2H3,(H2,23,27)(H,24,28)(H,25,26). The Morgan fingerprint density at radius 2 is 1.97 bits per heavy atom. The van der Waals surface area contributed by atoms with Crippen LogP contribution in [-0.2, 0) is 24.1 Å². The van der Waals surface area contributed by atoms with E-state index < -0.39 is 11.5 Å². The number of carbonyl (C=O) groups is 2. The number of primary amides is 1. The molecule has 8 heteroatoms. The molecule has 7 nitrogen and oxygen atoms in total. The molecule has 0 unspecified atom stereocenters. The summed E-state index contributed by atoms with van der Waals surface area (Å²) in [6.45, 7) is 3.47. The van der Waals surface area contributed by atoms with Gasteiger partial charge >= 0.3 is 0 Å². The van der Waals surface area contributed by atoms with Gasteiger partial charge in [-0.25, -0.2) is 0 Å². The molecule has 0 bridgehead atoms. The highest BCUT2D eigenvalue weighted by Crippen LogP contribution is 2.37. The van der Waals surface area contributed by atoms with Crippen LogP contribution in [0.5, 0.6) is 0 Å². The minimum Gasteiger partial charge on any atom is -0.365 e. The van der Waals surface area contributed by atoms with Crippen LogP contribution in [0.15, 0.2) is 4.79 Å². The zero-order valence-corrected chi connectivity index (χ0v) is 17.4. The topological polar surface area (TPSA) is 129 Å². The summed E-state index contributed by atoms with van der Waals surface area (Å²) in [6.07, 6.45) is 5.49. The number of amides is 2. The van der Waals surface area contributed by atoms with Crippen LogP contribution in [0.1, 0.15) is 68.9 Å². The summed E-state index contributed by atoms with van der Waals surface area (Å²) in [5.41, 5.74) is 8.74. The van der Waals surface area contributed by atoms with Gasteiger partial charge in [0, 0.05) is 17.0 Å². The van der Waals surface area contributed by atoms with Crippen molar-refractivity contribution in [3.63, 3.8) is 0 Å². The largest absolute Gasteiger partial charge is 0.365 e. The van der Waals surface area contributed by atoms with Crippen LogP contribution in [0.3, 0.4) is 0 Å². The number of nitrogens with zero attached hydrogens (tertiary/aromatic N) is 1. The van der Waals surface area contributed by atoms with Crippen LogP contribution in [0.4, 0.5) is 5.00 Å². The first-order valence-electron chi connectivity index (χ1n) is 9.70. The lowest BCUT2D eigenvalue weighted by atomic mass is 9.99. The molecule has 0 saturated heterocycles. The van der Waals surface area contributed by atoms with E-state index in [4.69, 9.17) is 5.73 Å². The van der Waals surface area contributed by atoms with Crippen molar-refractivity contribution in [1.29, 1.82) is 5.26 Å². The summed E-state index contributed by atoms with van der Waals surface area (Å²) in [5.74, 6) is -0.738. The number of aromatic amines is 1. The van der Waals surface area contributed by atoms with E-state index >= 15 is 0 Å². The molecule has 0 aromatic carbocycles. The number of thiophene rings is 1. The smallest absolute Gasteiger partial charge is 0.266 e. The SMILES string of the molecule is Cc1[nH]c(=O)c(C#N)c(C)c1CCC(=O)Nc1sc2c(c1C(N)=O)CCCCC2. The summed E-state index contributed by atoms with van der Waals surface area (Å²) < 4.78 is 0. The monoisotopic (exact) mass is 412 g/mol. The van der Waals surface area contributed by atoms with E-state index in [1.807, 2.05) is 6.07 Å². The number of nitrogens with two attached hydrogens (primary N) is 1. The molecule has 3 rings (SSSR count). The van der Waals surface area contributed by atoms with Gasteiger partial charge < -0.3 is 16.0 Å². The van der Waals surface area contributed by atoms with E-state index in [0.29, 0.717) is 28.2 Å². The Hall–Kier alpha value is -2.92. The average molecular weight is 413 g/mol. The van der Waals surface area contributed by atoms with Crippen molar-refractivity contribution in [3.05, 3.63) is 48.7 Å². The highest BCUT2D eigenvalue weighted by molar-refractivity contribution is 7.17. The van der Waals surface area contributed by atoms with Crippen LogP contribution in [0.2, 0.25) is 0 Å². The lowest BCUT2D eigenvalue weighted by Crippen LogP contribution is -2.20. The predicted octanol–water partition coefficient (Wildman–Crippen LogP) is 2.86. The van der Waals surface area contributed by atoms with Crippen molar-refractivity contribution in [1.82, 2.24) is 4.98 Å². The second-order valence-electron chi connectivity index (χ2n) is 7.35. The maximum absolute atomic E-state index is 12.6. The van der Waals surface area contributed by atoms with Gasteiger partial charge in [0.05, 0.1) is 5.56 Å². The maximum Gasteiger partial charge on any atom is 0.266 e. The van der Waals surface area contributed by atoms with Crippen molar-refractivity contribution in [3.8, 4) is 6.07 Å². The fourth-order valence-corrected chi connectivity index (χ4v) is 5.25. The summed E-state index contributed by atoms with van der Waals surface area (Å²) in [7, 11) is 0. The second kappa shape index (κ2) is 8.62. The molecule has 152 valence electrons. The molecule has 0 saturated carbocycles. The zero-order chi connectivity index (χ0) is 21.1. The number of carbonyl (C=O) groups excluding carboxylic acids is 2. The average Bonchev–Trinajstić information content (AvgIpc) is 2.82. The number of anilines is 1. The summed E-state index contributed by atoms with van der Waals surface area (Å²) in [6, 6.07) is 1.92. The van der Waals surface area contributed by atoms with E-state index in [0.717, 1.165) is 48.1 Å². The summed E-state index contributed by atoms with van der Waals surface area (Å²) in [5, 5.41) is 12.6. The Bertz CT molecular complexity index is 1080. The Kier molecular flexibility index (Phi) is 6.18. The lowest BCUT2D eigenvalue weighted by molar-refractivity contribution is -0.116. The first-order chi connectivity index (χ1) is 13.8. The van der Waals surface area contributed by atoms with Crippen molar-refractivity contribution in [2.45, 2.75) is 58.8 Å². The van der Waals surface area contributed by atoms with E-state index in [2.05, 4.69) is 10.3 Å². The van der Waals surface area contributed by atoms with Gasteiger partial charge in [-0.2, -0.15) is 5.26 Å². The van der Waals surface area contributed by atoms with Gasteiger partial charge in [-0.3, -0.25) is 14.4 Å². The van der Waals surface area contributed by atoms with Crippen LogP contribution in [-0.4, -0.2) is 16.8 Å². The van der Waals surface area contributed by atoms with E-state index in [1.165, 1.54) is 11.3 Å². The van der Waals surface area contributed by atoms with Gasteiger partial charge in [-0.05, 0) is 62.6 Å². The molecule has 4 N–H and O–H groups in total. The van der Waals surface area contributed by atoms with Gasteiger partial charge in [-0.15, -0.1) is 11.3 Å². The number of fused-ring (bicyclic) bond motifs is 1. The fourth-order valence-electron chi connectivity index (χ4n) is 3.94. The van der Waals surface area contributed by atoms with Crippen LogP contribution in [0.25, 0.3) is 0 Å². The number of pyridine rings is 1. The minimum absolute atomic E-state index is 0.0732. The first-order valence-corrected chi connectivity index (χ1v) is 10.5. The fraction of sp³-hybridized carbons (Fsp3) is 0.429. The Labute approximate surface area is 172 Å². The number of nitrogens with one attached hydrogen (secondary N) is 2. The molecule has 0 fully saturated rings. The molecule has 0 radical (unpaired) electrons. The van der Waals surface area contributed by atoms with Crippen LogP contribution >= 0.6 is 11.3 Å². The van der Waals surface area contributed by atoms with Gasteiger partial charge in [0.15, 0.2) is 0 Å². The first kappa shape index (κ1) is 20.8. The summed E-state index contributed by atoms with van der Waals surface area (Å²) in [4.78, 5) is 40.3. The number of hydrogen-bond acceptors (Lipinski definition) is 5. The van der Waals surface area contributed by atoms with Gasteiger partial charge in [0.2, 0.25) is 5.91 Å². The molecule has 2 aromatic rings. The Balaban J connectivity index is 1.78. The molecule has 0 atom stereocenters. The summed E-state index contributed by atoms with van der Waals surface area (Å²) >= 11 is 1.44. The maximum atomic E-state index is 12.6. The van der Waals surface area contributed by atoms with Crippen molar-refractivity contribution in [2.75, 3.05) is 5.32 Å². The predicted molar refractivity (Wildman–Crippen MR) is 112 cm³/mol. The minimum atomic E-state index is -0.509. The molecular formula is C21H24N4O3S. The van der Waals surface area contributed by atoms with Crippen LogP contribution in [0, 0.1) is 25.2 Å². The van der Waals surface area contributed by atoms with Gasteiger partial charge in [-0.1, -0.05) is 6.42 Å². The molecule has 2 amide bonds. The molecular weight excluding hydrogens is 388 g/mol. The molecule has 1 aliphatic rings. The number of rotatable bonds is 5. The third-order valence-corrected chi connectivity index (χ3v) is 6.65. The molecule has 0 spiro atoms. The molecule has 29 heavy (non-hydrogen) atoms. The van der Waals surface area contributed by atoms with Gasteiger partial charge in [0.25, 0.3) is 11.5 Å². The highest BCUT2D eigenvalue weighted by Gasteiger charge is 2.24. The second-order valence-corrected chi connectivity index (χ2v) is 8.46. The number of hydrogen-bond donors (Lipinski definition) is 3. The van der Waals surface area contributed by atoms with E-state index in [1.54, 1.807) is 13.8 Å². The third kappa shape index (κ3) is 4.25. The van der Waals surface area contributed by atoms with Crippen molar-refractivity contribution >= 4 is 28.2 Å².